The fourth-order valence-electron chi connectivity index (χ4n) is 4.29. The van der Waals surface area contributed by atoms with Gasteiger partial charge in [-0.25, -0.2) is 18.2 Å². The third kappa shape index (κ3) is 4.53. The molecular formula is C24H26N4O4S2. The second-order valence-electron chi connectivity index (χ2n) is 8.79. The largest absolute Gasteiger partial charge is 0.491 e. The summed E-state index contributed by atoms with van der Waals surface area (Å²) in [6, 6.07) is 12.6. The van der Waals surface area contributed by atoms with Crippen molar-refractivity contribution in [2.45, 2.75) is 31.4 Å². The average Bonchev–Trinajstić information content (AvgIpc) is 3.51. The Kier molecular flexibility index (Phi) is 6.05. The number of fused-ring (bicyclic) bond motifs is 1. The van der Waals surface area contributed by atoms with E-state index in [1.54, 1.807) is 28.6 Å². The van der Waals surface area contributed by atoms with Crippen LogP contribution in [-0.4, -0.2) is 60.9 Å². The second-order valence-corrected chi connectivity index (χ2v) is 11.6. The van der Waals surface area contributed by atoms with Crippen LogP contribution in [0.2, 0.25) is 0 Å². The van der Waals surface area contributed by atoms with Crippen LogP contribution in [0.4, 0.5) is 4.79 Å². The van der Waals surface area contributed by atoms with Crippen molar-refractivity contribution in [3.63, 3.8) is 0 Å². The molecule has 3 heterocycles. The molecule has 34 heavy (non-hydrogen) atoms. The molecule has 0 bridgehead atoms. The zero-order valence-corrected chi connectivity index (χ0v) is 20.7. The lowest BCUT2D eigenvalue weighted by Crippen LogP contribution is -2.41. The highest BCUT2D eigenvalue weighted by Crippen LogP contribution is 2.31. The molecular weight excluding hydrogens is 472 g/mol. The molecule has 1 N–H and O–H groups in total. The normalized spacial score (nSPS) is 16.5. The third-order valence-corrected chi connectivity index (χ3v) is 8.52. The number of carbonyl (C=O) groups is 1. The summed E-state index contributed by atoms with van der Waals surface area (Å²) >= 11 is 1.42. The van der Waals surface area contributed by atoms with E-state index in [1.165, 1.54) is 15.6 Å². The van der Waals surface area contributed by atoms with Crippen molar-refractivity contribution in [2.24, 2.45) is 0 Å². The SMILES string of the molecule is CC(C)Oc1cccc(CNC(=O)N2CC3=C(C2)CN(S(=O)(=O)c2ccc4ncsc4c2)C3)c1. The Morgan fingerprint density at radius 2 is 1.88 bits per heavy atom. The molecule has 0 unspecified atom stereocenters. The molecule has 1 aromatic heterocycles. The van der Waals surface area contributed by atoms with E-state index in [0.29, 0.717) is 32.7 Å². The van der Waals surface area contributed by atoms with Crippen LogP contribution in [0.15, 0.2) is 64.0 Å². The Labute approximate surface area is 202 Å². The van der Waals surface area contributed by atoms with E-state index in [4.69, 9.17) is 4.74 Å². The number of thiazole rings is 1. The van der Waals surface area contributed by atoms with Gasteiger partial charge in [-0.1, -0.05) is 12.1 Å². The van der Waals surface area contributed by atoms with Crippen molar-refractivity contribution in [3.05, 3.63) is 64.7 Å². The first-order valence-electron chi connectivity index (χ1n) is 11.1. The molecule has 0 saturated heterocycles. The van der Waals surface area contributed by atoms with Gasteiger partial charge in [0, 0.05) is 32.7 Å². The number of nitrogens with one attached hydrogen (secondary N) is 1. The molecule has 2 aliphatic heterocycles. The summed E-state index contributed by atoms with van der Waals surface area (Å²) < 4.78 is 34.4. The summed E-state index contributed by atoms with van der Waals surface area (Å²) in [5.74, 6) is 0.777. The van der Waals surface area contributed by atoms with E-state index in [1.807, 2.05) is 38.1 Å². The summed E-state index contributed by atoms with van der Waals surface area (Å²) in [6.45, 7) is 5.86. The van der Waals surface area contributed by atoms with Crippen molar-refractivity contribution in [2.75, 3.05) is 26.2 Å². The van der Waals surface area contributed by atoms with Gasteiger partial charge in [-0.05, 0) is 60.9 Å². The number of urea groups is 1. The van der Waals surface area contributed by atoms with Gasteiger partial charge in [0.1, 0.15) is 5.75 Å². The number of hydrogen-bond acceptors (Lipinski definition) is 6. The zero-order valence-electron chi connectivity index (χ0n) is 19.0. The molecule has 178 valence electrons. The van der Waals surface area contributed by atoms with E-state index in [0.717, 1.165) is 32.7 Å². The van der Waals surface area contributed by atoms with Gasteiger partial charge >= 0.3 is 6.03 Å². The number of rotatable bonds is 6. The molecule has 3 aromatic rings. The Hall–Kier alpha value is -2.95. The lowest BCUT2D eigenvalue weighted by atomic mass is 10.2. The number of hydrogen-bond donors (Lipinski definition) is 1. The molecule has 0 spiro atoms. The molecule has 2 aliphatic rings. The molecule has 0 atom stereocenters. The Morgan fingerprint density at radius 1 is 1.12 bits per heavy atom. The number of benzene rings is 2. The maximum absolute atomic E-state index is 13.2. The highest BCUT2D eigenvalue weighted by molar-refractivity contribution is 7.89. The highest BCUT2D eigenvalue weighted by atomic mass is 32.2. The molecule has 8 nitrogen and oxygen atoms in total. The quantitative estimate of drug-likeness (QED) is 0.524. The van der Waals surface area contributed by atoms with Crippen LogP contribution >= 0.6 is 11.3 Å². The van der Waals surface area contributed by atoms with E-state index in [2.05, 4.69) is 10.3 Å². The predicted molar refractivity (Wildman–Crippen MR) is 131 cm³/mol. The molecule has 5 rings (SSSR count). The van der Waals surface area contributed by atoms with E-state index in [9.17, 15) is 13.2 Å². The van der Waals surface area contributed by atoms with E-state index >= 15 is 0 Å². The van der Waals surface area contributed by atoms with Gasteiger partial charge in [-0.2, -0.15) is 4.31 Å². The summed E-state index contributed by atoms with van der Waals surface area (Å²) in [5.41, 5.74) is 5.48. The van der Waals surface area contributed by atoms with Gasteiger partial charge in [0.15, 0.2) is 0 Å². The minimum Gasteiger partial charge on any atom is -0.491 e. The average molecular weight is 499 g/mol. The monoisotopic (exact) mass is 498 g/mol. The number of amides is 2. The predicted octanol–water partition coefficient (Wildman–Crippen LogP) is 3.61. The molecule has 2 amide bonds. The summed E-state index contributed by atoms with van der Waals surface area (Å²) in [5, 5.41) is 2.96. The standard InChI is InChI=1S/C24H26N4O4S2/c1-16(2)32-20-5-3-4-17(8-20)10-25-24(29)27-11-18-13-28(14-19(18)12-27)34(30,31)21-6-7-22-23(9-21)33-15-26-22/h3-9,15-16H,10-14H2,1-2H3,(H,25,29). The molecule has 0 fully saturated rings. The van der Waals surface area contributed by atoms with Crippen molar-refractivity contribution in [1.82, 2.24) is 19.5 Å². The topological polar surface area (TPSA) is 91.8 Å². The van der Waals surface area contributed by atoms with Crippen molar-refractivity contribution in [1.29, 1.82) is 0 Å². The second kappa shape index (κ2) is 9.01. The first kappa shape index (κ1) is 22.8. The van der Waals surface area contributed by atoms with Crippen molar-refractivity contribution >= 4 is 37.6 Å². The van der Waals surface area contributed by atoms with Gasteiger partial charge in [0.05, 0.1) is 26.7 Å². The summed E-state index contributed by atoms with van der Waals surface area (Å²) in [7, 11) is -3.61. The van der Waals surface area contributed by atoms with Crippen LogP contribution in [0.1, 0.15) is 19.4 Å². The summed E-state index contributed by atoms with van der Waals surface area (Å²) in [4.78, 5) is 19.0. The van der Waals surface area contributed by atoms with Crippen molar-refractivity contribution < 1.29 is 17.9 Å². The van der Waals surface area contributed by atoms with Gasteiger partial charge in [0.25, 0.3) is 0 Å². The molecule has 2 aromatic carbocycles. The van der Waals surface area contributed by atoms with Crippen LogP contribution in [0.5, 0.6) is 5.75 Å². The Morgan fingerprint density at radius 3 is 2.62 bits per heavy atom. The minimum atomic E-state index is -3.61. The first-order valence-corrected chi connectivity index (χ1v) is 13.4. The first-order chi connectivity index (χ1) is 16.3. The highest BCUT2D eigenvalue weighted by Gasteiger charge is 2.37. The number of sulfonamides is 1. The number of aromatic nitrogens is 1. The number of nitrogens with zero attached hydrogens (tertiary/aromatic N) is 3. The molecule has 0 radical (unpaired) electrons. The Bertz CT molecular complexity index is 1360. The molecule has 10 heteroatoms. The number of ether oxygens (including phenoxy) is 1. The van der Waals surface area contributed by atoms with Gasteiger partial charge in [0.2, 0.25) is 10.0 Å². The summed E-state index contributed by atoms with van der Waals surface area (Å²) in [6.07, 6.45) is 0.0851. The molecule has 0 saturated carbocycles. The van der Waals surface area contributed by atoms with Gasteiger partial charge in [-0.3, -0.25) is 0 Å². The van der Waals surface area contributed by atoms with E-state index < -0.39 is 10.0 Å². The van der Waals surface area contributed by atoms with Crippen LogP contribution in [0, 0.1) is 0 Å². The van der Waals surface area contributed by atoms with Gasteiger partial charge < -0.3 is 15.0 Å². The van der Waals surface area contributed by atoms with Gasteiger partial charge in [-0.15, -0.1) is 11.3 Å². The fourth-order valence-corrected chi connectivity index (χ4v) is 6.54. The van der Waals surface area contributed by atoms with Crippen LogP contribution in [-0.2, 0) is 16.6 Å². The number of carbonyl (C=O) groups excluding carboxylic acids is 1. The van der Waals surface area contributed by atoms with Crippen LogP contribution in [0.25, 0.3) is 10.2 Å². The smallest absolute Gasteiger partial charge is 0.318 e. The van der Waals surface area contributed by atoms with Crippen LogP contribution < -0.4 is 10.1 Å². The fraction of sp³-hybridized carbons (Fsp3) is 0.333. The zero-order chi connectivity index (χ0) is 23.9. The molecule has 0 aliphatic carbocycles. The van der Waals surface area contributed by atoms with Crippen LogP contribution in [0.3, 0.4) is 0 Å². The maximum atomic E-state index is 13.2. The maximum Gasteiger partial charge on any atom is 0.318 e. The Balaban J connectivity index is 1.17. The minimum absolute atomic E-state index is 0.0851. The lowest BCUT2D eigenvalue weighted by Gasteiger charge is -2.23. The van der Waals surface area contributed by atoms with E-state index in [-0.39, 0.29) is 17.0 Å². The lowest BCUT2D eigenvalue weighted by molar-refractivity contribution is 0.207. The van der Waals surface area contributed by atoms with Crippen molar-refractivity contribution in [3.8, 4) is 5.75 Å². The third-order valence-electron chi connectivity index (χ3n) is 5.94.